The molecule has 3 N–H and O–H groups in total. The lowest BCUT2D eigenvalue weighted by atomic mass is 9.94. The normalized spacial score (nSPS) is 12.8. The molecule has 0 saturated heterocycles. The first-order valence-electron chi connectivity index (χ1n) is 5.08. The second-order valence-corrected chi connectivity index (χ2v) is 4.17. The predicted octanol–water partition coefficient (Wildman–Crippen LogP) is 1.94. The second kappa shape index (κ2) is 4.53. The van der Waals surface area contributed by atoms with E-state index in [1.54, 1.807) is 6.92 Å². The van der Waals surface area contributed by atoms with Gasteiger partial charge in [0.25, 0.3) is 0 Å². The van der Waals surface area contributed by atoms with Gasteiger partial charge in [0, 0.05) is 0 Å². The van der Waals surface area contributed by atoms with Crippen LogP contribution < -0.4 is 0 Å². The molecule has 0 heterocycles. The highest BCUT2D eigenvalue weighted by Gasteiger charge is 2.19. The number of rotatable bonds is 3. The Morgan fingerprint density at radius 2 is 1.88 bits per heavy atom. The highest BCUT2D eigenvalue weighted by Crippen LogP contribution is 2.32. The van der Waals surface area contributed by atoms with Gasteiger partial charge >= 0.3 is 5.97 Å². The van der Waals surface area contributed by atoms with Crippen LogP contribution in [0.15, 0.2) is 12.1 Å². The number of hydrogen-bond acceptors (Lipinski definition) is 3. The van der Waals surface area contributed by atoms with Gasteiger partial charge in [0.15, 0.2) is 6.10 Å². The summed E-state index contributed by atoms with van der Waals surface area (Å²) in [5.41, 5.74) is 1.52. The summed E-state index contributed by atoms with van der Waals surface area (Å²) < 4.78 is 0. The number of aliphatic hydroxyl groups excluding tert-OH is 1. The van der Waals surface area contributed by atoms with Gasteiger partial charge in [-0.2, -0.15) is 0 Å². The molecule has 88 valence electrons. The second-order valence-electron chi connectivity index (χ2n) is 4.17. The molecule has 1 aromatic carbocycles. The zero-order valence-corrected chi connectivity index (χ0v) is 9.56. The van der Waals surface area contributed by atoms with Crippen LogP contribution in [0.5, 0.6) is 5.75 Å². The number of aliphatic hydroxyl groups is 1. The third-order valence-electron chi connectivity index (χ3n) is 2.52. The number of phenolic OH excluding ortho intramolecular Hbond substituents is 1. The van der Waals surface area contributed by atoms with E-state index in [2.05, 4.69) is 0 Å². The lowest BCUT2D eigenvalue weighted by Gasteiger charge is -2.14. The molecule has 0 radical (unpaired) electrons. The molecule has 0 aliphatic rings. The lowest BCUT2D eigenvalue weighted by Crippen LogP contribution is -2.11. The van der Waals surface area contributed by atoms with E-state index in [0.717, 1.165) is 0 Å². The third-order valence-corrected chi connectivity index (χ3v) is 2.52. The minimum Gasteiger partial charge on any atom is -0.507 e. The van der Waals surface area contributed by atoms with E-state index in [0.29, 0.717) is 16.7 Å². The molecule has 0 saturated carbocycles. The van der Waals surface area contributed by atoms with Gasteiger partial charge in [-0.1, -0.05) is 13.8 Å². The quantitative estimate of drug-likeness (QED) is 0.733. The fourth-order valence-electron chi connectivity index (χ4n) is 1.58. The van der Waals surface area contributed by atoms with Gasteiger partial charge in [-0.25, -0.2) is 4.79 Å². The fourth-order valence-corrected chi connectivity index (χ4v) is 1.58. The van der Waals surface area contributed by atoms with Crippen molar-refractivity contribution in [3.05, 3.63) is 28.8 Å². The van der Waals surface area contributed by atoms with Crippen LogP contribution in [0.1, 0.15) is 42.6 Å². The summed E-state index contributed by atoms with van der Waals surface area (Å²) in [6.07, 6.45) is -1.54. The smallest absolute Gasteiger partial charge is 0.337 e. The Kier molecular flexibility index (Phi) is 3.55. The van der Waals surface area contributed by atoms with Gasteiger partial charge in [-0.05, 0) is 41.7 Å². The Hall–Kier alpha value is -1.55. The molecular weight excluding hydrogens is 208 g/mol. The van der Waals surface area contributed by atoms with Crippen molar-refractivity contribution < 1.29 is 20.1 Å². The number of phenols is 1. The predicted molar refractivity (Wildman–Crippen MR) is 59.5 cm³/mol. The van der Waals surface area contributed by atoms with Gasteiger partial charge in [0.2, 0.25) is 0 Å². The van der Waals surface area contributed by atoms with Crippen molar-refractivity contribution in [3.63, 3.8) is 0 Å². The van der Waals surface area contributed by atoms with Gasteiger partial charge < -0.3 is 15.3 Å². The minimum atomic E-state index is -1.54. The van der Waals surface area contributed by atoms with Crippen molar-refractivity contribution in [2.24, 2.45) is 0 Å². The van der Waals surface area contributed by atoms with E-state index in [-0.39, 0.29) is 11.7 Å². The van der Waals surface area contributed by atoms with E-state index >= 15 is 0 Å². The number of carboxylic acids is 1. The van der Waals surface area contributed by atoms with Gasteiger partial charge in [0.05, 0.1) is 0 Å². The Bertz CT molecular complexity index is 410. The van der Waals surface area contributed by atoms with Gasteiger partial charge in [-0.3, -0.25) is 0 Å². The van der Waals surface area contributed by atoms with Crippen molar-refractivity contribution in [1.29, 1.82) is 0 Å². The molecule has 0 aliphatic carbocycles. The van der Waals surface area contributed by atoms with E-state index in [9.17, 15) is 15.0 Å². The molecule has 0 aliphatic heterocycles. The number of carbonyl (C=O) groups is 1. The molecule has 0 fully saturated rings. The van der Waals surface area contributed by atoms with E-state index in [1.165, 1.54) is 12.1 Å². The molecule has 0 spiro atoms. The van der Waals surface area contributed by atoms with E-state index < -0.39 is 12.1 Å². The number of carboxylic acid groups (broad SMARTS) is 1. The summed E-state index contributed by atoms with van der Waals surface area (Å²) in [7, 11) is 0. The Morgan fingerprint density at radius 1 is 1.31 bits per heavy atom. The molecule has 1 atom stereocenters. The largest absolute Gasteiger partial charge is 0.507 e. The maximum Gasteiger partial charge on any atom is 0.337 e. The fraction of sp³-hybridized carbons (Fsp3) is 0.417. The number of aromatic hydroxyl groups is 1. The van der Waals surface area contributed by atoms with Crippen LogP contribution >= 0.6 is 0 Å². The van der Waals surface area contributed by atoms with E-state index in [1.807, 2.05) is 13.8 Å². The highest BCUT2D eigenvalue weighted by atomic mass is 16.4. The molecule has 0 bridgehead atoms. The summed E-state index contributed by atoms with van der Waals surface area (Å²) in [5, 5.41) is 27.9. The summed E-state index contributed by atoms with van der Waals surface area (Å²) >= 11 is 0. The number of benzene rings is 1. The van der Waals surface area contributed by atoms with Crippen LogP contribution in [-0.2, 0) is 4.79 Å². The summed E-state index contributed by atoms with van der Waals surface area (Å²) in [6.45, 7) is 5.47. The minimum absolute atomic E-state index is 0.0691. The molecular formula is C12H16O4. The van der Waals surface area contributed by atoms with Crippen molar-refractivity contribution in [1.82, 2.24) is 0 Å². The van der Waals surface area contributed by atoms with Crippen LogP contribution in [0.3, 0.4) is 0 Å². The molecule has 1 rings (SSSR count). The van der Waals surface area contributed by atoms with Gasteiger partial charge in [-0.15, -0.1) is 0 Å². The van der Waals surface area contributed by atoms with Crippen molar-refractivity contribution in [2.75, 3.05) is 0 Å². The summed E-state index contributed by atoms with van der Waals surface area (Å²) in [5.74, 6) is -1.06. The summed E-state index contributed by atoms with van der Waals surface area (Å²) in [6, 6.07) is 3.02. The molecule has 4 nitrogen and oxygen atoms in total. The highest BCUT2D eigenvalue weighted by molar-refractivity contribution is 5.74. The number of aryl methyl sites for hydroxylation is 1. The molecule has 1 unspecified atom stereocenters. The van der Waals surface area contributed by atoms with Crippen molar-refractivity contribution >= 4 is 5.97 Å². The first kappa shape index (κ1) is 12.5. The first-order valence-corrected chi connectivity index (χ1v) is 5.08. The first-order chi connectivity index (χ1) is 7.34. The average Bonchev–Trinajstić information content (AvgIpc) is 2.20. The van der Waals surface area contributed by atoms with Crippen LogP contribution in [0.4, 0.5) is 0 Å². The van der Waals surface area contributed by atoms with E-state index in [4.69, 9.17) is 5.11 Å². The topological polar surface area (TPSA) is 77.8 Å². The molecule has 16 heavy (non-hydrogen) atoms. The van der Waals surface area contributed by atoms with Crippen LogP contribution in [0.2, 0.25) is 0 Å². The number of aliphatic carboxylic acids is 1. The zero-order valence-electron chi connectivity index (χ0n) is 9.56. The lowest BCUT2D eigenvalue weighted by molar-refractivity contribution is -0.146. The maximum absolute atomic E-state index is 10.7. The van der Waals surface area contributed by atoms with Gasteiger partial charge in [0.1, 0.15) is 5.75 Å². The Labute approximate surface area is 94.2 Å². The number of hydrogen-bond donors (Lipinski definition) is 3. The van der Waals surface area contributed by atoms with Crippen molar-refractivity contribution in [2.45, 2.75) is 32.8 Å². The maximum atomic E-state index is 10.7. The monoisotopic (exact) mass is 224 g/mol. The average molecular weight is 224 g/mol. The molecule has 1 aromatic rings. The molecule has 0 aromatic heterocycles. The SMILES string of the molecule is Cc1cc(C(O)C(=O)O)cc(C(C)C)c1O. The third kappa shape index (κ3) is 2.33. The molecule has 4 heteroatoms. The zero-order chi connectivity index (χ0) is 12.5. The summed E-state index contributed by atoms with van der Waals surface area (Å²) in [4.78, 5) is 10.7. The standard InChI is InChI=1S/C12H16O4/c1-6(2)9-5-8(11(14)12(15)16)4-7(3)10(9)13/h4-6,11,13-14H,1-3H3,(H,15,16). The van der Waals surface area contributed by atoms with Crippen LogP contribution in [0.25, 0.3) is 0 Å². The van der Waals surface area contributed by atoms with Crippen LogP contribution in [-0.4, -0.2) is 21.3 Å². The molecule has 0 amide bonds. The Morgan fingerprint density at radius 3 is 2.31 bits per heavy atom. The van der Waals surface area contributed by atoms with Crippen molar-refractivity contribution in [3.8, 4) is 5.75 Å². The van der Waals surface area contributed by atoms with Crippen LogP contribution in [0, 0.1) is 6.92 Å². The Balaban J connectivity index is 3.29.